The van der Waals surface area contributed by atoms with Gasteiger partial charge in [-0.25, -0.2) is 4.79 Å². The molecule has 190 valence electrons. The van der Waals surface area contributed by atoms with Gasteiger partial charge >= 0.3 is 5.69 Å². The van der Waals surface area contributed by atoms with E-state index < -0.39 is 17.4 Å². The van der Waals surface area contributed by atoms with Gasteiger partial charge in [-0.15, -0.1) is 0 Å². The molecule has 35 heavy (non-hydrogen) atoms. The number of aryl methyl sites for hydroxylation is 2. The van der Waals surface area contributed by atoms with Gasteiger partial charge in [0.25, 0.3) is 5.56 Å². The van der Waals surface area contributed by atoms with E-state index in [1.807, 2.05) is 24.3 Å². The quantitative estimate of drug-likeness (QED) is 0.336. The molecule has 1 aliphatic heterocycles. The third kappa shape index (κ3) is 6.11. The zero-order valence-electron chi connectivity index (χ0n) is 20.3. The summed E-state index contributed by atoms with van der Waals surface area (Å²) in [5.41, 5.74) is 0.563. The Hall–Kier alpha value is -3.15. The molecular formula is C24H34N6O5. The molecule has 0 spiro atoms. The minimum atomic E-state index is -0.900. The maximum absolute atomic E-state index is 12.7. The summed E-state index contributed by atoms with van der Waals surface area (Å²) in [6.07, 6.45) is 0.865. The second kappa shape index (κ2) is 11.5. The zero-order chi connectivity index (χ0) is 24.8. The Morgan fingerprint density at radius 2 is 2.09 bits per heavy atom. The number of fused-ring (bicyclic) bond motifs is 1. The summed E-state index contributed by atoms with van der Waals surface area (Å²) in [6, 6.07) is 7.74. The van der Waals surface area contributed by atoms with Crippen LogP contribution in [0.3, 0.4) is 0 Å². The SMILES string of the molecule is CCc1cccc(OC[C@H](O)Cn2c(NCCCN3CCOCC3)nc3c2c(=O)[nH]c(=O)n3C)c1. The lowest BCUT2D eigenvalue weighted by atomic mass is 10.2. The van der Waals surface area contributed by atoms with Crippen molar-refractivity contribution in [3.8, 4) is 5.75 Å². The average Bonchev–Trinajstić information content (AvgIpc) is 3.23. The normalized spacial score (nSPS) is 15.4. The van der Waals surface area contributed by atoms with Crippen molar-refractivity contribution in [1.82, 2.24) is 24.0 Å². The number of benzene rings is 1. The molecule has 0 amide bonds. The van der Waals surface area contributed by atoms with Crippen molar-refractivity contribution in [1.29, 1.82) is 0 Å². The van der Waals surface area contributed by atoms with E-state index in [2.05, 4.69) is 27.1 Å². The van der Waals surface area contributed by atoms with Crippen molar-refractivity contribution in [2.45, 2.75) is 32.4 Å². The maximum Gasteiger partial charge on any atom is 0.329 e. The highest BCUT2D eigenvalue weighted by Crippen LogP contribution is 2.18. The molecule has 1 aromatic carbocycles. The van der Waals surface area contributed by atoms with Crippen LogP contribution in [-0.2, 0) is 24.8 Å². The molecule has 1 atom stereocenters. The van der Waals surface area contributed by atoms with Crippen LogP contribution >= 0.6 is 0 Å². The Bertz CT molecular complexity index is 1240. The predicted octanol–water partition coefficient (Wildman–Crippen LogP) is 0.560. The maximum atomic E-state index is 12.7. The summed E-state index contributed by atoms with van der Waals surface area (Å²) in [7, 11) is 1.56. The van der Waals surface area contributed by atoms with Gasteiger partial charge in [-0.3, -0.25) is 19.2 Å². The van der Waals surface area contributed by atoms with E-state index >= 15 is 0 Å². The fourth-order valence-corrected chi connectivity index (χ4v) is 4.19. The number of hydrogen-bond donors (Lipinski definition) is 3. The average molecular weight is 487 g/mol. The van der Waals surface area contributed by atoms with Crippen molar-refractivity contribution in [3.63, 3.8) is 0 Å². The molecule has 0 aliphatic carbocycles. The van der Waals surface area contributed by atoms with Gasteiger partial charge in [0.15, 0.2) is 11.2 Å². The van der Waals surface area contributed by atoms with E-state index in [1.54, 1.807) is 11.6 Å². The number of H-pyrrole nitrogens is 1. The molecule has 0 saturated carbocycles. The van der Waals surface area contributed by atoms with E-state index in [4.69, 9.17) is 9.47 Å². The molecule has 0 bridgehead atoms. The summed E-state index contributed by atoms with van der Waals surface area (Å²) in [5.74, 6) is 1.11. The number of aromatic amines is 1. The highest BCUT2D eigenvalue weighted by atomic mass is 16.5. The lowest BCUT2D eigenvalue weighted by molar-refractivity contribution is 0.0378. The Kier molecular flexibility index (Phi) is 8.21. The largest absolute Gasteiger partial charge is 0.491 e. The van der Waals surface area contributed by atoms with Crippen molar-refractivity contribution >= 4 is 17.1 Å². The van der Waals surface area contributed by atoms with Crippen LogP contribution in [0.15, 0.2) is 33.9 Å². The topological polar surface area (TPSA) is 127 Å². The number of aliphatic hydroxyl groups is 1. The van der Waals surface area contributed by atoms with E-state index in [1.165, 1.54) is 4.57 Å². The molecule has 0 radical (unpaired) electrons. The number of morpholine rings is 1. The molecule has 1 aliphatic rings. The van der Waals surface area contributed by atoms with Crippen LogP contribution in [0.5, 0.6) is 5.75 Å². The number of anilines is 1. The minimum Gasteiger partial charge on any atom is -0.491 e. The zero-order valence-corrected chi connectivity index (χ0v) is 20.3. The Morgan fingerprint density at radius 3 is 2.86 bits per heavy atom. The standard InChI is InChI=1S/C24H34N6O5/c1-3-17-6-4-7-19(14-17)35-16-18(31)15-30-20-21(28(2)24(33)27-22(20)32)26-23(30)25-8-5-9-29-10-12-34-13-11-29/h4,6-7,14,18,31H,3,5,8-13,15-16H2,1-2H3,(H,25,26)(H,27,32,33)/t18-/m1/s1. The summed E-state index contributed by atoms with van der Waals surface area (Å²) >= 11 is 0. The molecule has 11 heteroatoms. The van der Waals surface area contributed by atoms with Gasteiger partial charge in [0, 0.05) is 26.7 Å². The highest BCUT2D eigenvalue weighted by Gasteiger charge is 2.20. The Morgan fingerprint density at radius 1 is 1.29 bits per heavy atom. The monoisotopic (exact) mass is 486 g/mol. The van der Waals surface area contributed by atoms with Gasteiger partial charge in [-0.05, 0) is 37.1 Å². The van der Waals surface area contributed by atoms with Gasteiger partial charge in [0.2, 0.25) is 5.95 Å². The first-order valence-corrected chi connectivity index (χ1v) is 12.1. The molecule has 4 rings (SSSR count). The minimum absolute atomic E-state index is 0.0486. The van der Waals surface area contributed by atoms with E-state index in [-0.39, 0.29) is 24.3 Å². The van der Waals surface area contributed by atoms with Gasteiger partial charge in [0.05, 0.1) is 19.8 Å². The van der Waals surface area contributed by atoms with Crippen molar-refractivity contribution in [2.24, 2.45) is 7.05 Å². The van der Waals surface area contributed by atoms with Crippen LogP contribution in [-0.4, -0.2) is 81.2 Å². The van der Waals surface area contributed by atoms with Crippen LogP contribution < -0.4 is 21.3 Å². The first-order valence-electron chi connectivity index (χ1n) is 12.1. The number of imidazole rings is 1. The van der Waals surface area contributed by atoms with Crippen LogP contribution in [0.1, 0.15) is 18.9 Å². The van der Waals surface area contributed by atoms with Gasteiger partial charge < -0.3 is 24.5 Å². The van der Waals surface area contributed by atoms with Gasteiger partial charge in [-0.1, -0.05) is 19.1 Å². The van der Waals surface area contributed by atoms with Gasteiger partial charge in [-0.2, -0.15) is 4.98 Å². The van der Waals surface area contributed by atoms with E-state index in [9.17, 15) is 14.7 Å². The number of hydrogen-bond acceptors (Lipinski definition) is 8. The number of rotatable bonds is 11. The molecule has 1 fully saturated rings. The molecule has 1 saturated heterocycles. The summed E-state index contributed by atoms with van der Waals surface area (Å²) in [4.78, 5) is 33.9. The second-order valence-electron chi connectivity index (χ2n) is 8.74. The molecular weight excluding hydrogens is 452 g/mol. The molecule has 3 heterocycles. The third-order valence-corrected chi connectivity index (χ3v) is 6.19. The molecule has 0 unspecified atom stereocenters. The van der Waals surface area contributed by atoms with Crippen molar-refractivity contribution in [3.05, 3.63) is 50.7 Å². The fraction of sp³-hybridized carbons (Fsp3) is 0.542. The number of ether oxygens (including phenoxy) is 2. The summed E-state index contributed by atoms with van der Waals surface area (Å²) in [6.45, 7) is 7.09. The van der Waals surface area contributed by atoms with E-state index in [0.29, 0.717) is 18.2 Å². The van der Waals surface area contributed by atoms with Gasteiger partial charge in [0.1, 0.15) is 18.5 Å². The predicted molar refractivity (Wildman–Crippen MR) is 133 cm³/mol. The first-order chi connectivity index (χ1) is 17.0. The van der Waals surface area contributed by atoms with E-state index in [0.717, 1.165) is 51.3 Å². The highest BCUT2D eigenvalue weighted by molar-refractivity contribution is 5.74. The lowest BCUT2D eigenvalue weighted by Crippen LogP contribution is -2.37. The first kappa shape index (κ1) is 25.0. The van der Waals surface area contributed by atoms with Crippen molar-refractivity contribution < 1.29 is 14.6 Å². The molecule has 11 nitrogen and oxygen atoms in total. The number of aromatic nitrogens is 4. The smallest absolute Gasteiger partial charge is 0.329 e. The number of aliphatic hydroxyl groups excluding tert-OH is 1. The van der Waals surface area contributed by atoms with Crippen LogP contribution in [0.2, 0.25) is 0 Å². The second-order valence-corrected chi connectivity index (χ2v) is 8.74. The van der Waals surface area contributed by atoms with Crippen LogP contribution in [0.4, 0.5) is 5.95 Å². The van der Waals surface area contributed by atoms with Crippen molar-refractivity contribution in [2.75, 3.05) is 51.3 Å². The summed E-state index contributed by atoms with van der Waals surface area (Å²) in [5, 5.41) is 14.0. The molecule has 3 aromatic rings. The Balaban J connectivity index is 1.48. The molecule has 3 N–H and O–H groups in total. The summed E-state index contributed by atoms with van der Waals surface area (Å²) < 4.78 is 14.1. The number of nitrogens with one attached hydrogen (secondary N) is 2. The lowest BCUT2D eigenvalue weighted by Gasteiger charge is -2.26. The molecule has 2 aromatic heterocycles. The van der Waals surface area contributed by atoms with Crippen LogP contribution in [0.25, 0.3) is 11.2 Å². The fourth-order valence-electron chi connectivity index (χ4n) is 4.19. The third-order valence-electron chi connectivity index (χ3n) is 6.19. The van der Waals surface area contributed by atoms with Crippen LogP contribution in [0, 0.1) is 0 Å². The Labute approximate surface area is 203 Å². The number of nitrogens with zero attached hydrogens (tertiary/aromatic N) is 4.